The molecule has 1 aliphatic heterocycles. The molecule has 1 aromatic heterocycles. The summed E-state index contributed by atoms with van der Waals surface area (Å²) < 4.78 is 0. The van der Waals surface area contributed by atoms with E-state index in [9.17, 15) is 4.79 Å². The van der Waals surface area contributed by atoms with Gasteiger partial charge >= 0.3 is 0 Å². The predicted octanol–water partition coefficient (Wildman–Crippen LogP) is 2.34. The maximum atomic E-state index is 12.3. The van der Waals surface area contributed by atoms with Gasteiger partial charge in [-0.25, -0.2) is 0 Å². The average molecular weight is 335 g/mol. The van der Waals surface area contributed by atoms with Gasteiger partial charge in [0.05, 0.1) is 12.5 Å². The minimum atomic E-state index is 0.140. The third-order valence-electron chi connectivity index (χ3n) is 4.37. The number of benzene rings is 1. The van der Waals surface area contributed by atoms with Crippen molar-refractivity contribution in [2.24, 2.45) is 0 Å². The molecule has 2 heterocycles. The van der Waals surface area contributed by atoms with Crippen LogP contribution in [0.4, 0.5) is 5.82 Å². The Balaban J connectivity index is 1.47. The molecule has 0 aliphatic carbocycles. The summed E-state index contributed by atoms with van der Waals surface area (Å²) >= 11 is 0. The largest absolute Gasteiger partial charge is 0.362 e. The second-order valence-corrected chi connectivity index (χ2v) is 6.63. The second-order valence-electron chi connectivity index (χ2n) is 6.63. The fraction of sp³-hybridized carbons (Fsp3) is 0.368. The summed E-state index contributed by atoms with van der Waals surface area (Å²) in [6.07, 6.45) is 0.432. The third kappa shape index (κ3) is 4.13. The zero-order valence-electron chi connectivity index (χ0n) is 14.4. The molecular formula is C19H21N5O. The molecular weight excluding hydrogens is 314 g/mol. The summed E-state index contributed by atoms with van der Waals surface area (Å²) in [5.41, 5.74) is 2.62. The van der Waals surface area contributed by atoms with Gasteiger partial charge in [0.15, 0.2) is 5.69 Å². The SMILES string of the molecule is CC(C)c1ccc(CC(=O)N2CC(Nc3ccc(C#N)nn3)C2)cc1. The maximum Gasteiger partial charge on any atom is 0.227 e. The van der Waals surface area contributed by atoms with Crippen molar-refractivity contribution in [1.29, 1.82) is 5.26 Å². The molecule has 1 amide bonds. The van der Waals surface area contributed by atoms with Crippen LogP contribution in [-0.2, 0) is 11.2 Å². The average Bonchev–Trinajstić information content (AvgIpc) is 2.58. The molecule has 128 valence electrons. The number of nitrogens with one attached hydrogen (secondary N) is 1. The van der Waals surface area contributed by atoms with E-state index in [1.165, 1.54) is 5.56 Å². The quantitative estimate of drug-likeness (QED) is 0.907. The summed E-state index contributed by atoms with van der Waals surface area (Å²) in [5.74, 6) is 1.26. The van der Waals surface area contributed by atoms with Gasteiger partial charge in [-0.1, -0.05) is 38.1 Å². The van der Waals surface area contributed by atoms with Gasteiger partial charge in [-0.3, -0.25) is 4.79 Å². The minimum absolute atomic E-state index is 0.140. The first-order chi connectivity index (χ1) is 12.0. The lowest BCUT2D eigenvalue weighted by Crippen LogP contribution is -2.57. The van der Waals surface area contributed by atoms with Crippen LogP contribution in [0.15, 0.2) is 36.4 Å². The number of anilines is 1. The standard InChI is InChI=1S/C19H21N5O/c1-13(2)15-5-3-14(4-6-15)9-19(25)24-11-17(12-24)21-18-8-7-16(10-20)22-23-18/h3-8,13,17H,9,11-12H2,1-2H3,(H,21,23). The van der Waals surface area contributed by atoms with Crippen molar-refractivity contribution in [3.63, 3.8) is 0 Å². The second kappa shape index (κ2) is 7.31. The summed E-state index contributed by atoms with van der Waals surface area (Å²) in [6, 6.07) is 13.7. The van der Waals surface area contributed by atoms with Gasteiger partial charge in [0.1, 0.15) is 11.9 Å². The van der Waals surface area contributed by atoms with Crippen LogP contribution in [0.3, 0.4) is 0 Å². The molecule has 0 radical (unpaired) electrons. The zero-order chi connectivity index (χ0) is 17.8. The van der Waals surface area contributed by atoms with E-state index in [0.717, 1.165) is 5.56 Å². The van der Waals surface area contributed by atoms with Crippen molar-refractivity contribution in [3.05, 3.63) is 53.2 Å². The smallest absolute Gasteiger partial charge is 0.227 e. The number of aromatic nitrogens is 2. The Bertz CT molecular complexity index is 771. The third-order valence-corrected chi connectivity index (χ3v) is 4.37. The Kier molecular flexibility index (Phi) is 4.94. The number of rotatable bonds is 5. The van der Waals surface area contributed by atoms with Crippen LogP contribution in [-0.4, -0.2) is 40.1 Å². The van der Waals surface area contributed by atoms with Crippen LogP contribution in [0.25, 0.3) is 0 Å². The monoisotopic (exact) mass is 335 g/mol. The number of carbonyl (C=O) groups is 1. The van der Waals surface area contributed by atoms with Gasteiger partial charge in [0.25, 0.3) is 0 Å². The molecule has 0 unspecified atom stereocenters. The summed E-state index contributed by atoms with van der Waals surface area (Å²) in [4.78, 5) is 14.2. The Morgan fingerprint density at radius 2 is 1.96 bits per heavy atom. The lowest BCUT2D eigenvalue weighted by Gasteiger charge is -2.39. The normalized spacial score (nSPS) is 14.1. The van der Waals surface area contributed by atoms with Crippen LogP contribution >= 0.6 is 0 Å². The van der Waals surface area contributed by atoms with Gasteiger partial charge in [-0.2, -0.15) is 5.26 Å². The summed E-state index contributed by atoms with van der Waals surface area (Å²) in [5, 5.41) is 19.7. The molecule has 6 heteroatoms. The van der Waals surface area contributed by atoms with E-state index >= 15 is 0 Å². The number of carbonyl (C=O) groups excluding carboxylic acids is 1. The number of hydrogen-bond acceptors (Lipinski definition) is 5. The van der Waals surface area contributed by atoms with Crippen molar-refractivity contribution in [2.75, 3.05) is 18.4 Å². The molecule has 0 saturated carbocycles. The van der Waals surface area contributed by atoms with Gasteiger partial charge in [0, 0.05) is 13.1 Å². The number of nitriles is 1. The van der Waals surface area contributed by atoms with E-state index in [0.29, 0.717) is 36.9 Å². The van der Waals surface area contributed by atoms with Crippen molar-refractivity contribution < 1.29 is 4.79 Å². The first-order valence-electron chi connectivity index (χ1n) is 8.42. The van der Waals surface area contributed by atoms with E-state index < -0.39 is 0 Å². The van der Waals surface area contributed by atoms with Crippen molar-refractivity contribution in [1.82, 2.24) is 15.1 Å². The highest BCUT2D eigenvalue weighted by Crippen LogP contribution is 2.18. The Morgan fingerprint density at radius 1 is 1.24 bits per heavy atom. The first-order valence-corrected chi connectivity index (χ1v) is 8.42. The van der Waals surface area contributed by atoms with Crippen molar-refractivity contribution in [3.8, 4) is 6.07 Å². The van der Waals surface area contributed by atoms with Crippen LogP contribution in [0.2, 0.25) is 0 Å². The highest BCUT2D eigenvalue weighted by molar-refractivity contribution is 5.79. The topological polar surface area (TPSA) is 81.9 Å². The van der Waals surface area contributed by atoms with E-state index in [2.05, 4.69) is 41.5 Å². The maximum absolute atomic E-state index is 12.3. The van der Waals surface area contributed by atoms with Crippen molar-refractivity contribution in [2.45, 2.75) is 32.2 Å². The van der Waals surface area contributed by atoms with E-state index in [1.54, 1.807) is 12.1 Å². The number of hydrogen-bond donors (Lipinski definition) is 1. The van der Waals surface area contributed by atoms with Gasteiger partial charge in [0.2, 0.25) is 5.91 Å². The molecule has 2 aromatic rings. The Labute approximate surface area is 147 Å². The molecule has 1 aliphatic rings. The zero-order valence-corrected chi connectivity index (χ0v) is 14.4. The molecule has 3 rings (SSSR count). The van der Waals surface area contributed by atoms with Crippen molar-refractivity contribution >= 4 is 11.7 Å². The van der Waals surface area contributed by atoms with Crippen LogP contribution in [0, 0.1) is 11.3 Å². The summed E-state index contributed by atoms with van der Waals surface area (Å²) in [7, 11) is 0. The Morgan fingerprint density at radius 3 is 2.52 bits per heavy atom. The van der Waals surface area contributed by atoms with E-state index in [1.807, 2.05) is 23.1 Å². The Hall–Kier alpha value is -2.94. The predicted molar refractivity (Wildman–Crippen MR) is 95.0 cm³/mol. The van der Waals surface area contributed by atoms with Gasteiger partial charge < -0.3 is 10.2 Å². The lowest BCUT2D eigenvalue weighted by atomic mass is 10.00. The molecule has 1 N–H and O–H groups in total. The number of likely N-dealkylation sites (tertiary alicyclic amines) is 1. The highest BCUT2D eigenvalue weighted by Gasteiger charge is 2.30. The molecule has 0 atom stereocenters. The number of amides is 1. The molecule has 25 heavy (non-hydrogen) atoms. The molecule has 1 saturated heterocycles. The lowest BCUT2D eigenvalue weighted by molar-refractivity contribution is -0.134. The molecule has 0 bridgehead atoms. The van der Waals surface area contributed by atoms with Gasteiger partial charge in [-0.15, -0.1) is 10.2 Å². The molecule has 0 spiro atoms. The van der Waals surface area contributed by atoms with Crippen LogP contribution in [0.1, 0.15) is 36.6 Å². The van der Waals surface area contributed by atoms with Crippen LogP contribution < -0.4 is 5.32 Å². The molecule has 6 nitrogen and oxygen atoms in total. The fourth-order valence-corrected chi connectivity index (χ4v) is 2.76. The van der Waals surface area contributed by atoms with Crippen LogP contribution in [0.5, 0.6) is 0 Å². The number of nitrogens with zero attached hydrogens (tertiary/aromatic N) is 4. The first kappa shape index (κ1) is 16.9. The molecule has 1 aromatic carbocycles. The summed E-state index contributed by atoms with van der Waals surface area (Å²) in [6.45, 7) is 5.63. The highest BCUT2D eigenvalue weighted by atomic mass is 16.2. The fourth-order valence-electron chi connectivity index (χ4n) is 2.76. The van der Waals surface area contributed by atoms with E-state index in [-0.39, 0.29) is 11.9 Å². The molecule has 1 fully saturated rings. The minimum Gasteiger partial charge on any atom is -0.362 e. The van der Waals surface area contributed by atoms with Gasteiger partial charge in [-0.05, 0) is 29.2 Å². The van der Waals surface area contributed by atoms with E-state index in [4.69, 9.17) is 5.26 Å².